The van der Waals surface area contributed by atoms with Crippen LogP contribution in [0.5, 0.6) is 0 Å². The second-order valence-corrected chi connectivity index (χ2v) is 9.89. The van der Waals surface area contributed by atoms with Gasteiger partial charge < -0.3 is 0 Å². The summed E-state index contributed by atoms with van der Waals surface area (Å²) in [4.78, 5) is 17.2. The van der Waals surface area contributed by atoms with Crippen LogP contribution in [-0.2, 0) is 29.5 Å². The van der Waals surface area contributed by atoms with Crippen LogP contribution < -0.4 is 10.4 Å². The lowest BCUT2D eigenvalue weighted by molar-refractivity contribution is 0.487. The lowest BCUT2D eigenvalue weighted by Crippen LogP contribution is -2.36. The lowest BCUT2D eigenvalue weighted by Gasteiger charge is -2.19. The van der Waals surface area contributed by atoms with Crippen LogP contribution in [0.4, 0.5) is 0 Å². The molecule has 4 rings (SSSR count). The summed E-state index contributed by atoms with van der Waals surface area (Å²) in [5, 5.41) is 4.49. The summed E-state index contributed by atoms with van der Waals surface area (Å²) in [7, 11) is -3.65. The molecule has 0 radical (unpaired) electrons. The van der Waals surface area contributed by atoms with Crippen LogP contribution in [0, 0.1) is 20.8 Å². The number of benzene rings is 1. The first-order chi connectivity index (χ1) is 14.7. The van der Waals surface area contributed by atoms with E-state index < -0.39 is 10.0 Å². The van der Waals surface area contributed by atoms with E-state index in [4.69, 9.17) is 0 Å². The smallest absolute Gasteiger partial charge is 0.279 e. The molecule has 1 atom stereocenters. The molecule has 0 fully saturated rings. The maximum Gasteiger partial charge on any atom is 0.346 e. The number of nitrogens with zero attached hydrogens (tertiary/aromatic N) is 4. The van der Waals surface area contributed by atoms with E-state index in [1.54, 1.807) is 17.0 Å². The molecule has 1 unspecified atom stereocenters. The van der Waals surface area contributed by atoms with E-state index in [1.807, 2.05) is 45.0 Å². The predicted molar refractivity (Wildman–Crippen MR) is 118 cm³/mol. The van der Waals surface area contributed by atoms with Crippen LogP contribution in [0.3, 0.4) is 0 Å². The van der Waals surface area contributed by atoms with Gasteiger partial charge in [0.1, 0.15) is 5.82 Å². The minimum atomic E-state index is -3.65. The Bertz CT molecular complexity index is 1240. The molecule has 1 aliphatic rings. The normalized spacial score (nSPS) is 16.7. The monoisotopic (exact) mass is 441 g/mol. The second-order valence-electron chi connectivity index (χ2n) is 8.24. The average Bonchev–Trinajstić information content (AvgIpc) is 2.85. The zero-order valence-electron chi connectivity index (χ0n) is 18.0. The molecule has 0 saturated carbocycles. The fourth-order valence-corrected chi connectivity index (χ4v) is 6.14. The van der Waals surface area contributed by atoms with Gasteiger partial charge in [0.05, 0.1) is 11.4 Å². The number of aryl methyl sites for hydroxylation is 4. The third-order valence-corrected chi connectivity index (χ3v) is 7.49. The van der Waals surface area contributed by atoms with Crippen molar-refractivity contribution in [2.24, 2.45) is 0 Å². The van der Waals surface area contributed by atoms with Gasteiger partial charge in [-0.15, -0.1) is 0 Å². The molecule has 3 heterocycles. The van der Waals surface area contributed by atoms with Gasteiger partial charge in [-0.2, -0.15) is 5.10 Å². The molecule has 9 heteroatoms. The van der Waals surface area contributed by atoms with Gasteiger partial charge in [-0.3, -0.25) is 9.55 Å². The van der Waals surface area contributed by atoms with Crippen molar-refractivity contribution < 1.29 is 8.42 Å². The first kappa shape index (κ1) is 21.5. The molecule has 0 bridgehead atoms. The number of pyridine rings is 1. The number of hydrogen-bond donors (Lipinski definition) is 1. The van der Waals surface area contributed by atoms with Gasteiger partial charge in [0.15, 0.2) is 0 Å². The van der Waals surface area contributed by atoms with Gasteiger partial charge in [0, 0.05) is 31.4 Å². The summed E-state index contributed by atoms with van der Waals surface area (Å²) in [6, 6.07) is 7.25. The van der Waals surface area contributed by atoms with Crippen molar-refractivity contribution in [3.05, 3.63) is 75.2 Å². The van der Waals surface area contributed by atoms with E-state index in [1.165, 1.54) is 4.68 Å². The third kappa shape index (κ3) is 4.47. The summed E-state index contributed by atoms with van der Waals surface area (Å²) in [5.74, 6) is 0.693. The Morgan fingerprint density at radius 2 is 1.90 bits per heavy atom. The number of hydrogen-bond acceptors (Lipinski definition) is 5. The summed E-state index contributed by atoms with van der Waals surface area (Å²) in [5.41, 5.74) is 3.26. The molecule has 0 spiro atoms. The topological polar surface area (TPSA) is 98.9 Å². The van der Waals surface area contributed by atoms with Crippen LogP contribution >= 0.6 is 0 Å². The van der Waals surface area contributed by atoms with Crippen molar-refractivity contribution in [2.75, 3.05) is 0 Å². The Labute approximate surface area is 182 Å². The molecule has 1 aliphatic heterocycles. The third-order valence-electron chi connectivity index (χ3n) is 5.67. The molecule has 2 aromatic heterocycles. The molecule has 1 N–H and O–H groups in total. The Balaban J connectivity index is 1.50. The molecule has 8 nitrogen and oxygen atoms in total. The quantitative estimate of drug-likeness (QED) is 0.654. The van der Waals surface area contributed by atoms with Crippen molar-refractivity contribution >= 4 is 10.0 Å². The zero-order chi connectivity index (χ0) is 22.2. The molecular weight excluding hydrogens is 414 g/mol. The van der Waals surface area contributed by atoms with Gasteiger partial charge in [-0.1, -0.05) is 23.8 Å². The fraction of sp³-hybridized carbons (Fsp3) is 0.409. The Hall–Kier alpha value is -2.78. The van der Waals surface area contributed by atoms with E-state index in [0.717, 1.165) is 22.3 Å². The Morgan fingerprint density at radius 3 is 2.58 bits per heavy atom. The maximum atomic E-state index is 13.1. The van der Waals surface area contributed by atoms with Gasteiger partial charge in [-0.05, 0) is 56.4 Å². The highest BCUT2D eigenvalue weighted by Crippen LogP contribution is 2.23. The standard InChI is InChI=1S/C22H27N5O3S/c1-15-11-16(2)21(17(3)12-15)31(29,30)25-19-6-7-20-24-27(22(28)26(20)10-8-19)14-18-5-4-9-23-13-18/h4-5,9,11-13,19,25H,6-8,10,14H2,1-3H3. The van der Waals surface area contributed by atoms with E-state index in [-0.39, 0.29) is 11.7 Å². The molecule has 0 saturated heterocycles. The van der Waals surface area contributed by atoms with Crippen molar-refractivity contribution in [2.45, 2.75) is 64.1 Å². The molecule has 31 heavy (non-hydrogen) atoms. The minimum Gasteiger partial charge on any atom is -0.279 e. The number of rotatable bonds is 5. The highest BCUT2D eigenvalue weighted by molar-refractivity contribution is 7.89. The first-order valence-corrected chi connectivity index (χ1v) is 11.9. The minimum absolute atomic E-state index is 0.174. The van der Waals surface area contributed by atoms with Gasteiger partial charge >= 0.3 is 5.69 Å². The van der Waals surface area contributed by atoms with Crippen LogP contribution in [0.2, 0.25) is 0 Å². The predicted octanol–water partition coefficient (Wildman–Crippen LogP) is 2.10. The van der Waals surface area contributed by atoms with Crippen molar-refractivity contribution in [1.82, 2.24) is 24.1 Å². The molecule has 1 aromatic carbocycles. The zero-order valence-corrected chi connectivity index (χ0v) is 18.8. The first-order valence-electron chi connectivity index (χ1n) is 10.4. The van der Waals surface area contributed by atoms with Crippen LogP contribution in [-0.4, -0.2) is 33.8 Å². The summed E-state index contributed by atoms with van der Waals surface area (Å²) in [6.45, 7) is 6.40. The number of sulfonamides is 1. The second kappa shape index (κ2) is 8.39. The van der Waals surface area contributed by atoms with E-state index in [9.17, 15) is 13.2 Å². The highest BCUT2D eigenvalue weighted by atomic mass is 32.2. The largest absolute Gasteiger partial charge is 0.346 e. The molecule has 3 aromatic rings. The van der Waals surface area contributed by atoms with E-state index >= 15 is 0 Å². The van der Waals surface area contributed by atoms with Gasteiger partial charge in [0.2, 0.25) is 10.0 Å². The number of nitrogens with one attached hydrogen (secondary N) is 1. The maximum absolute atomic E-state index is 13.1. The SMILES string of the molecule is Cc1cc(C)c(S(=O)(=O)NC2CCc3nn(Cc4cccnc4)c(=O)n3CC2)c(C)c1. The Morgan fingerprint density at radius 1 is 1.16 bits per heavy atom. The van der Waals surface area contributed by atoms with E-state index in [2.05, 4.69) is 14.8 Å². The van der Waals surface area contributed by atoms with Gasteiger partial charge in [0.25, 0.3) is 0 Å². The number of fused-ring (bicyclic) bond motifs is 1. The molecule has 164 valence electrons. The summed E-state index contributed by atoms with van der Waals surface area (Å²) in [6.07, 6.45) is 5.07. The number of aromatic nitrogens is 4. The Kier molecular flexibility index (Phi) is 5.81. The lowest BCUT2D eigenvalue weighted by atomic mass is 10.1. The highest BCUT2D eigenvalue weighted by Gasteiger charge is 2.27. The van der Waals surface area contributed by atoms with Crippen molar-refractivity contribution in [3.8, 4) is 0 Å². The van der Waals surface area contributed by atoms with Crippen LogP contribution in [0.15, 0.2) is 46.3 Å². The van der Waals surface area contributed by atoms with Crippen molar-refractivity contribution in [1.29, 1.82) is 0 Å². The molecular formula is C22H27N5O3S. The van der Waals surface area contributed by atoms with Gasteiger partial charge in [-0.25, -0.2) is 22.6 Å². The summed E-state index contributed by atoms with van der Waals surface area (Å²) < 4.78 is 32.2. The van der Waals surface area contributed by atoms with Crippen molar-refractivity contribution in [3.63, 3.8) is 0 Å². The molecule has 0 amide bonds. The average molecular weight is 442 g/mol. The fourth-order valence-electron chi connectivity index (χ4n) is 4.38. The van der Waals surface area contributed by atoms with Crippen LogP contribution in [0.1, 0.15) is 40.9 Å². The summed E-state index contributed by atoms with van der Waals surface area (Å²) >= 11 is 0. The van der Waals surface area contributed by atoms with E-state index in [0.29, 0.717) is 43.1 Å². The molecule has 0 aliphatic carbocycles. The van der Waals surface area contributed by atoms with Crippen LogP contribution in [0.25, 0.3) is 0 Å².